The minimum Gasteiger partial charge on any atom is -0.359 e. The summed E-state index contributed by atoms with van der Waals surface area (Å²) in [4.78, 5) is 7.15. The average molecular weight is 239 g/mol. The Bertz CT molecular complexity index is 340. The molecule has 1 aliphatic heterocycles. The van der Waals surface area contributed by atoms with E-state index in [2.05, 4.69) is 36.0 Å². The zero-order chi connectivity index (χ0) is 11.5. The molecule has 1 aromatic heterocycles. The van der Waals surface area contributed by atoms with E-state index in [-0.39, 0.29) is 0 Å². The van der Waals surface area contributed by atoms with Gasteiger partial charge >= 0.3 is 0 Å². The van der Waals surface area contributed by atoms with Crippen LogP contribution in [-0.2, 0) is 6.42 Å². The van der Waals surface area contributed by atoms with Crippen molar-refractivity contribution in [3.63, 3.8) is 0 Å². The molecule has 4 heteroatoms. The van der Waals surface area contributed by atoms with Gasteiger partial charge in [-0.3, -0.25) is 0 Å². The fourth-order valence-corrected chi connectivity index (χ4v) is 3.37. The second-order valence-electron chi connectivity index (χ2n) is 4.83. The average Bonchev–Trinajstić information content (AvgIpc) is 2.60. The van der Waals surface area contributed by atoms with Crippen LogP contribution in [0.1, 0.15) is 24.5 Å². The third-order valence-corrected chi connectivity index (χ3v) is 4.04. The Morgan fingerprint density at radius 3 is 2.69 bits per heavy atom. The van der Waals surface area contributed by atoms with Crippen LogP contribution in [0.4, 0.5) is 5.00 Å². The van der Waals surface area contributed by atoms with Crippen LogP contribution in [0.2, 0.25) is 0 Å². The minimum atomic E-state index is 0.696. The molecule has 0 aliphatic carbocycles. The Labute approximate surface area is 102 Å². The van der Waals surface area contributed by atoms with Gasteiger partial charge in [0, 0.05) is 32.6 Å². The standard InChI is InChI=1S/C12H21N3S/c1-9(2)8-11-14-10(3)12(16-11)15-6-4-13-5-7-15/h9,13H,4-8H2,1-3H3. The van der Waals surface area contributed by atoms with E-state index < -0.39 is 0 Å². The lowest BCUT2D eigenvalue weighted by atomic mass is 10.1. The van der Waals surface area contributed by atoms with Crippen molar-refractivity contribution in [3.05, 3.63) is 10.7 Å². The third kappa shape index (κ3) is 2.74. The van der Waals surface area contributed by atoms with Gasteiger partial charge in [0.1, 0.15) is 5.00 Å². The van der Waals surface area contributed by atoms with Gasteiger partial charge in [0.15, 0.2) is 0 Å². The number of aryl methyl sites for hydroxylation is 1. The molecular formula is C12H21N3S. The normalized spacial score (nSPS) is 17.1. The zero-order valence-electron chi connectivity index (χ0n) is 10.4. The highest BCUT2D eigenvalue weighted by molar-refractivity contribution is 7.15. The van der Waals surface area contributed by atoms with Crippen LogP contribution in [0, 0.1) is 12.8 Å². The molecule has 1 fully saturated rings. The second kappa shape index (κ2) is 5.15. The van der Waals surface area contributed by atoms with Crippen LogP contribution in [0.3, 0.4) is 0 Å². The van der Waals surface area contributed by atoms with Gasteiger partial charge in [0.2, 0.25) is 0 Å². The van der Waals surface area contributed by atoms with Crippen molar-refractivity contribution in [3.8, 4) is 0 Å². The van der Waals surface area contributed by atoms with Crippen molar-refractivity contribution < 1.29 is 0 Å². The number of nitrogens with zero attached hydrogens (tertiary/aromatic N) is 2. The summed E-state index contributed by atoms with van der Waals surface area (Å²) in [7, 11) is 0. The molecule has 0 bridgehead atoms. The van der Waals surface area contributed by atoms with Crippen molar-refractivity contribution in [2.24, 2.45) is 5.92 Å². The molecule has 0 atom stereocenters. The first-order chi connectivity index (χ1) is 7.66. The Kier molecular flexibility index (Phi) is 3.82. The van der Waals surface area contributed by atoms with Crippen LogP contribution >= 0.6 is 11.3 Å². The van der Waals surface area contributed by atoms with E-state index in [1.165, 1.54) is 15.7 Å². The number of rotatable bonds is 3. The molecular weight excluding hydrogens is 218 g/mol. The van der Waals surface area contributed by atoms with E-state index in [0.717, 1.165) is 32.6 Å². The Morgan fingerprint density at radius 1 is 1.38 bits per heavy atom. The molecule has 1 aliphatic rings. The third-order valence-electron chi connectivity index (χ3n) is 2.80. The van der Waals surface area contributed by atoms with Crippen LogP contribution in [0.5, 0.6) is 0 Å². The van der Waals surface area contributed by atoms with E-state index in [9.17, 15) is 0 Å². The topological polar surface area (TPSA) is 28.2 Å². The Balaban J connectivity index is 2.10. The number of thiazole rings is 1. The number of aromatic nitrogens is 1. The first-order valence-electron chi connectivity index (χ1n) is 6.09. The van der Waals surface area contributed by atoms with Crippen molar-refractivity contribution in [1.29, 1.82) is 0 Å². The van der Waals surface area contributed by atoms with E-state index in [4.69, 9.17) is 0 Å². The lowest BCUT2D eigenvalue weighted by molar-refractivity contribution is 0.591. The molecule has 0 unspecified atom stereocenters. The molecule has 0 amide bonds. The largest absolute Gasteiger partial charge is 0.359 e. The van der Waals surface area contributed by atoms with Gasteiger partial charge in [-0.05, 0) is 12.8 Å². The quantitative estimate of drug-likeness (QED) is 0.875. The van der Waals surface area contributed by atoms with Gasteiger partial charge in [-0.25, -0.2) is 4.98 Å². The fourth-order valence-electron chi connectivity index (χ4n) is 2.04. The summed E-state index contributed by atoms with van der Waals surface area (Å²) in [5.41, 5.74) is 1.21. The van der Waals surface area contributed by atoms with Gasteiger partial charge in [-0.15, -0.1) is 11.3 Å². The molecule has 1 N–H and O–H groups in total. The van der Waals surface area contributed by atoms with Crippen molar-refractivity contribution >= 4 is 16.3 Å². The summed E-state index contributed by atoms with van der Waals surface area (Å²) in [6.45, 7) is 11.1. The molecule has 2 heterocycles. The monoisotopic (exact) mass is 239 g/mol. The summed E-state index contributed by atoms with van der Waals surface area (Å²) in [6.07, 6.45) is 1.11. The maximum Gasteiger partial charge on any atom is 0.114 e. The number of piperazine rings is 1. The summed E-state index contributed by atoms with van der Waals surface area (Å²) in [5.74, 6) is 0.696. The number of nitrogens with one attached hydrogen (secondary N) is 1. The maximum atomic E-state index is 4.68. The van der Waals surface area contributed by atoms with Gasteiger partial charge in [0.05, 0.1) is 10.7 Å². The predicted octanol–water partition coefficient (Wildman–Crippen LogP) is 2.06. The summed E-state index contributed by atoms with van der Waals surface area (Å²) < 4.78 is 0. The molecule has 3 nitrogen and oxygen atoms in total. The molecule has 0 aromatic carbocycles. The predicted molar refractivity (Wildman–Crippen MR) is 70.5 cm³/mol. The molecule has 2 rings (SSSR count). The van der Waals surface area contributed by atoms with Gasteiger partial charge in [-0.1, -0.05) is 13.8 Å². The SMILES string of the molecule is Cc1nc(CC(C)C)sc1N1CCNCC1. The van der Waals surface area contributed by atoms with Crippen LogP contribution in [-0.4, -0.2) is 31.2 Å². The van der Waals surface area contributed by atoms with Gasteiger partial charge in [0.25, 0.3) is 0 Å². The van der Waals surface area contributed by atoms with Crippen LogP contribution < -0.4 is 10.2 Å². The Hall–Kier alpha value is -0.610. The lowest BCUT2D eigenvalue weighted by Gasteiger charge is -2.28. The molecule has 1 saturated heterocycles. The first kappa shape index (κ1) is 11.9. The second-order valence-corrected chi connectivity index (χ2v) is 5.90. The number of hydrogen-bond acceptors (Lipinski definition) is 4. The fraction of sp³-hybridized carbons (Fsp3) is 0.750. The molecule has 90 valence electrons. The molecule has 1 aromatic rings. The highest BCUT2D eigenvalue weighted by atomic mass is 32.1. The smallest absolute Gasteiger partial charge is 0.114 e. The lowest BCUT2D eigenvalue weighted by Crippen LogP contribution is -2.43. The summed E-state index contributed by atoms with van der Waals surface area (Å²) in [6, 6.07) is 0. The van der Waals surface area contributed by atoms with E-state index in [1.54, 1.807) is 0 Å². The van der Waals surface area contributed by atoms with Crippen molar-refractivity contribution in [2.75, 3.05) is 31.1 Å². The highest BCUT2D eigenvalue weighted by Crippen LogP contribution is 2.29. The molecule has 16 heavy (non-hydrogen) atoms. The van der Waals surface area contributed by atoms with E-state index >= 15 is 0 Å². The van der Waals surface area contributed by atoms with Gasteiger partial charge < -0.3 is 10.2 Å². The van der Waals surface area contributed by atoms with Crippen molar-refractivity contribution in [2.45, 2.75) is 27.2 Å². The first-order valence-corrected chi connectivity index (χ1v) is 6.90. The van der Waals surface area contributed by atoms with Crippen molar-refractivity contribution in [1.82, 2.24) is 10.3 Å². The number of anilines is 1. The van der Waals surface area contributed by atoms with Crippen LogP contribution in [0.25, 0.3) is 0 Å². The summed E-state index contributed by atoms with van der Waals surface area (Å²) in [5, 5.41) is 6.06. The highest BCUT2D eigenvalue weighted by Gasteiger charge is 2.17. The summed E-state index contributed by atoms with van der Waals surface area (Å²) >= 11 is 1.88. The number of hydrogen-bond donors (Lipinski definition) is 1. The molecule has 0 spiro atoms. The molecule has 0 saturated carbocycles. The van der Waals surface area contributed by atoms with Gasteiger partial charge in [-0.2, -0.15) is 0 Å². The van der Waals surface area contributed by atoms with E-state index in [0.29, 0.717) is 5.92 Å². The molecule has 0 radical (unpaired) electrons. The minimum absolute atomic E-state index is 0.696. The zero-order valence-corrected chi connectivity index (χ0v) is 11.2. The Morgan fingerprint density at radius 2 is 2.06 bits per heavy atom. The van der Waals surface area contributed by atoms with E-state index in [1.807, 2.05) is 11.3 Å². The maximum absolute atomic E-state index is 4.68. The van der Waals surface area contributed by atoms with Crippen LogP contribution in [0.15, 0.2) is 0 Å².